The minimum atomic E-state index is 0. The molecule has 1 aliphatic rings. The molecule has 0 unspecified atom stereocenters. The second kappa shape index (κ2) is 7.04. The molecule has 2 aromatic heterocycles. The molecule has 0 amide bonds. The highest BCUT2D eigenvalue weighted by molar-refractivity contribution is 9.10. The van der Waals surface area contributed by atoms with Gasteiger partial charge in [0.2, 0.25) is 0 Å². The monoisotopic (exact) mass is 408 g/mol. The van der Waals surface area contributed by atoms with E-state index in [1.807, 2.05) is 24.4 Å². The number of halogens is 2. The molecule has 1 saturated heterocycles. The van der Waals surface area contributed by atoms with Crippen LogP contribution in [0.15, 0.2) is 35.1 Å². The molecule has 3 N–H and O–H groups in total. The van der Waals surface area contributed by atoms with Crippen molar-refractivity contribution in [1.29, 1.82) is 0 Å². The quantitative estimate of drug-likeness (QED) is 0.679. The van der Waals surface area contributed by atoms with E-state index in [9.17, 15) is 0 Å². The van der Waals surface area contributed by atoms with E-state index >= 15 is 0 Å². The molecule has 24 heavy (non-hydrogen) atoms. The van der Waals surface area contributed by atoms with Gasteiger partial charge in [-0.25, -0.2) is 4.98 Å². The van der Waals surface area contributed by atoms with Gasteiger partial charge in [0.05, 0.1) is 17.9 Å². The molecular weight excluding hydrogens is 392 g/mol. The van der Waals surface area contributed by atoms with Crippen molar-refractivity contribution in [3.63, 3.8) is 0 Å². The van der Waals surface area contributed by atoms with Crippen LogP contribution in [0.3, 0.4) is 0 Å². The van der Waals surface area contributed by atoms with Gasteiger partial charge in [-0.05, 0) is 31.0 Å². The van der Waals surface area contributed by atoms with Crippen LogP contribution in [0.1, 0.15) is 12.8 Å². The molecule has 0 bridgehead atoms. The minimum absolute atomic E-state index is 0. The summed E-state index contributed by atoms with van der Waals surface area (Å²) in [5.74, 6) is 0.889. The third kappa shape index (κ3) is 3.24. The molecule has 3 heterocycles. The molecular formula is C16H18BrClN6. The van der Waals surface area contributed by atoms with Gasteiger partial charge in [0.25, 0.3) is 0 Å². The van der Waals surface area contributed by atoms with Crippen LogP contribution in [0.4, 0.5) is 5.82 Å². The Balaban J connectivity index is 0.00000169. The summed E-state index contributed by atoms with van der Waals surface area (Å²) in [6.07, 6.45) is 5.55. The summed E-state index contributed by atoms with van der Waals surface area (Å²) in [5.41, 5.74) is 8.57. The number of hydrogen-bond donors (Lipinski definition) is 2. The number of nitrogens with zero attached hydrogens (tertiary/aromatic N) is 4. The Morgan fingerprint density at radius 1 is 1.21 bits per heavy atom. The lowest BCUT2D eigenvalue weighted by atomic mass is 10.1. The normalized spacial score (nSPS) is 15.5. The first-order valence-electron chi connectivity index (χ1n) is 7.67. The van der Waals surface area contributed by atoms with Crippen molar-refractivity contribution in [2.45, 2.75) is 18.9 Å². The highest BCUT2D eigenvalue weighted by Crippen LogP contribution is 2.28. The summed E-state index contributed by atoms with van der Waals surface area (Å²) in [4.78, 5) is 11.4. The number of hydrogen-bond acceptors (Lipinski definition) is 5. The summed E-state index contributed by atoms with van der Waals surface area (Å²) < 4.78 is 1.02. The highest BCUT2D eigenvalue weighted by atomic mass is 79.9. The SMILES string of the molecule is Cl.NC1CCN(c2cncc(-c3n[nH]c4ccc(Br)cc34)n2)CC1. The molecule has 126 valence electrons. The van der Waals surface area contributed by atoms with Crippen LogP contribution in [0.25, 0.3) is 22.3 Å². The van der Waals surface area contributed by atoms with E-state index in [4.69, 9.17) is 10.7 Å². The van der Waals surface area contributed by atoms with E-state index in [0.717, 1.165) is 58.5 Å². The van der Waals surface area contributed by atoms with Crippen LogP contribution >= 0.6 is 28.3 Å². The second-order valence-corrected chi connectivity index (χ2v) is 6.76. The largest absolute Gasteiger partial charge is 0.355 e. The predicted octanol–water partition coefficient (Wildman–Crippen LogP) is 3.13. The lowest BCUT2D eigenvalue weighted by Crippen LogP contribution is -2.40. The van der Waals surface area contributed by atoms with Gasteiger partial charge in [0.15, 0.2) is 0 Å². The number of anilines is 1. The molecule has 1 aliphatic heterocycles. The van der Waals surface area contributed by atoms with E-state index < -0.39 is 0 Å². The Kier molecular flexibility index (Phi) is 5.03. The molecule has 4 rings (SSSR count). The maximum absolute atomic E-state index is 5.98. The third-order valence-corrected chi connectivity index (χ3v) is 4.75. The topological polar surface area (TPSA) is 83.7 Å². The molecule has 0 atom stereocenters. The molecule has 3 aromatic rings. The number of aromatic amines is 1. The van der Waals surface area contributed by atoms with Crippen LogP contribution in [-0.2, 0) is 0 Å². The smallest absolute Gasteiger partial charge is 0.147 e. The lowest BCUT2D eigenvalue weighted by molar-refractivity contribution is 0.498. The van der Waals surface area contributed by atoms with Gasteiger partial charge in [0, 0.05) is 29.0 Å². The number of aromatic nitrogens is 4. The summed E-state index contributed by atoms with van der Waals surface area (Å²) in [6.45, 7) is 1.85. The Morgan fingerprint density at radius 2 is 2.00 bits per heavy atom. The predicted molar refractivity (Wildman–Crippen MR) is 101 cm³/mol. The highest BCUT2D eigenvalue weighted by Gasteiger charge is 2.19. The fraction of sp³-hybridized carbons (Fsp3) is 0.312. The van der Waals surface area contributed by atoms with Crippen molar-refractivity contribution >= 4 is 45.1 Å². The van der Waals surface area contributed by atoms with Gasteiger partial charge >= 0.3 is 0 Å². The number of benzene rings is 1. The first-order valence-corrected chi connectivity index (χ1v) is 8.46. The summed E-state index contributed by atoms with van der Waals surface area (Å²) in [6, 6.07) is 6.33. The number of rotatable bonds is 2. The Bertz CT molecular complexity index is 843. The average Bonchev–Trinajstić information content (AvgIpc) is 2.98. The van der Waals surface area contributed by atoms with Crippen LogP contribution < -0.4 is 10.6 Å². The van der Waals surface area contributed by atoms with Crippen molar-refractivity contribution in [1.82, 2.24) is 20.2 Å². The number of nitrogens with two attached hydrogens (primary N) is 1. The van der Waals surface area contributed by atoms with Gasteiger partial charge in [-0.3, -0.25) is 10.1 Å². The van der Waals surface area contributed by atoms with Gasteiger partial charge in [-0.15, -0.1) is 12.4 Å². The zero-order valence-corrected chi connectivity index (χ0v) is 15.3. The number of nitrogens with one attached hydrogen (secondary N) is 1. The molecule has 0 radical (unpaired) electrons. The van der Waals surface area contributed by atoms with Crippen LogP contribution in [0, 0.1) is 0 Å². The summed E-state index contributed by atoms with van der Waals surface area (Å²) >= 11 is 3.51. The fourth-order valence-electron chi connectivity index (χ4n) is 2.93. The Hall–Kier alpha value is -1.70. The van der Waals surface area contributed by atoms with Crippen LogP contribution in [-0.4, -0.2) is 39.3 Å². The van der Waals surface area contributed by atoms with E-state index in [1.54, 1.807) is 6.20 Å². The van der Waals surface area contributed by atoms with Gasteiger partial charge in [-0.2, -0.15) is 5.10 Å². The van der Waals surface area contributed by atoms with Gasteiger partial charge in [0.1, 0.15) is 17.2 Å². The minimum Gasteiger partial charge on any atom is -0.355 e. The number of H-pyrrole nitrogens is 1. The first kappa shape index (κ1) is 17.1. The average molecular weight is 410 g/mol. The van der Waals surface area contributed by atoms with E-state index in [-0.39, 0.29) is 12.4 Å². The number of fused-ring (bicyclic) bond motifs is 1. The first-order chi connectivity index (χ1) is 11.2. The van der Waals surface area contributed by atoms with Crippen LogP contribution in [0.2, 0.25) is 0 Å². The van der Waals surface area contributed by atoms with Gasteiger partial charge < -0.3 is 10.6 Å². The van der Waals surface area contributed by atoms with Crippen molar-refractivity contribution in [3.8, 4) is 11.4 Å². The zero-order valence-electron chi connectivity index (χ0n) is 12.9. The Labute approximate surface area is 154 Å². The second-order valence-electron chi connectivity index (χ2n) is 5.85. The van der Waals surface area contributed by atoms with Crippen molar-refractivity contribution in [2.75, 3.05) is 18.0 Å². The molecule has 0 spiro atoms. The molecule has 6 nitrogen and oxygen atoms in total. The van der Waals surface area contributed by atoms with E-state index in [0.29, 0.717) is 6.04 Å². The summed E-state index contributed by atoms with van der Waals surface area (Å²) in [7, 11) is 0. The molecule has 1 fully saturated rings. The Morgan fingerprint density at radius 3 is 2.79 bits per heavy atom. The maximum atomic E-state index is 5.98. The van der Waals surface area contributed by atoms with Crippen molar-refractivity contribution in [2.24, 2.45) is 5.73 Å². The molecule has 0 saturated carbocycles. The zero-order chi connectivity index (χ0) is 15.8. The maximum Gasteiger partial charge on any atom is 0.147 e. The van der Waals surface area contributed by atoms with Crippen molar-refractivity contribution < 1.29 is 0 Å². The lowest BCUT2D eigenvalue weighted by Gasteiger charge is -2.30. The van der Waals surface area contributed by atoms with E-state index in [2.05, 4.69) is 36.0 Å². The molecule has 1 aromatic carbocycles. The van der Waals surface area contributed by atoms with Crippen LogP contribution in [0.5, 0.6) is 0 Å². The standard InChI is InChI=1S/C16H17BrN6.ClH/c17-10-1-2-13-12(7-10)16(22-21-13)14-8-19-9-15(20-14)23-5-3-11(18)4-6-23;/h1-2,7-9,11H,3-6,18H2,(H,21,22);1H. The fourth-order valence-corrected chi connectivity index (χ4v) is 3.29. The van der Waals surface area contributed by atoms with E-state index in [1.165, 1.54) is 0 Å². The summed E-state index contributed by atoms with van der Waals surface area (Å²) in [5, 5.41) is 8.50. The number of piperidine rings is 1. The third-order valence-electron chi connectivity index (χ3n) is 4.25. The molecule has 8 heteroatoms. The van der Waals surface area contributed by atoms with Gasteiger partial charge in [-0.1, -0.05) is 15.9 Å². The molecule has 0 aliphatic carbocycles. The van der Waals surface area contributed by atoms with Crippen molar-refractivity contribution in [3.05, 3.63) is 35.1 Å².